The van der Waals surface area contributed by atoms with Gasteiger partial charge in [0.05, 0.1) is 0 Å². The summed E-state index contributed by atoms with van der Waals surface area (Å²) in [5, 5.41) is 0. The van der Waals surface area contributed by atoms with E-state index in [1.807, 2.05) is 0 Å². The quantitative estimate of drug-likeness (QED) is 0.655. The summed E-state index contributed by atoms with van der Waals surface area (Å²) in [6.45, 7) is 9.14. The summed E-state index contributed by atoms with van der Waals surface area (Å²) in [5.41, 5.74) is 1.92. The Balaban J connectivity index is 3.01. The van der Waals surface area contributed by atoms with Gasteiger partial charge in [0.15, 0.2) is 0 Å². The molecular formula is C12H19B. The van der Waals surface area contributed by atoms with Crippen molar-refractivity contribution >= 4 is 6.91 Å². The first-order chi connectivity index (χ1) is 6.29. The first-order valence-electron chi connectivity index (χ1n) is 5.34. The van der Waals surface area contributed by atoms with Gasteiger partial charge in [-0.25, -0.2) is 0 Å². The molecule has 13 heavy (non-hydrogen) atoms. The number of hydrogen-bond donors (Lipinski definition) is 0. The monoisotopic (exact) mass is 174 g/mol. The summed E-state index contributed by atoms with van der Waals surface area (Å²) in [7, 11) is 0. The van der Waals surface area contributed by atoms with Gasteiger partial charge in [0, 0.05) is 0 Å². The predicted molar refractivity (Wildman–Crippen MR) is 60.3 cm³/mol. The van der Waals surface area contributed by atoms with Crippen LogP contribution in [-0.4, -0.2) is 6.91 Å². The van der Waals surface area contributed by atoms with Gasteiger partial charge in [-0.1, -0.05) is 0 Å². The molecule has 0 unspecified atom stereocenters. The Bertz CT molecular complexity index is 228. The summed E-state index contributed by atoms with van der Waals surface area (Å²) in [4.78, 5) is 0. The van der Waals surface area contributed by atoms with Gasteiger partial charge < -0.3 is 0 Å². The van der Waals surface area contributed by atoms with Gasteiger partial charge in [-0.15, -0.1) is 0 Å². The van der Waals surface area contributed by atoms with Crippen LogP contribution in [0.15, 0.2) is 24.2 Å². The van der Waals surface area contributed by atoms with E-state index >= 15 is 0 Å². The molecule has 0 N–H and O–H groups in total. The zero-order valence-electron chi connectivity index (χ0n) is 9.01. The van der Waals surface area contributed by atoms with Crippen molar-refractivity contribution in [1.29, 1.82) is 0 Å². The second kappa shape index (κ2) is 4.60. The van der Waals surface area contributed by atoms with Crippen LogP contribution in [0, 0.1) is 0 Å². The summed E-state index contributed by atoms with van der Waals surface area (Å²) >= 11 is 0. The second-order valence-corrected chi connectivity index (χ2v) is 3.71. The third kappa shape index (κ3) is 2.01. The van der Waals surface area contributed by atoms with E-state index in [1.165, 1.54) is 24.7 Å². The molecule has 1 heterocycles. The zero-order valence-corrected chi connectivity index (χ0v) is 9.01. The topological polar surface area (TPSA) is 0 Å². The molecule has 0 aliphatic rings. The van der Waals surface area contributed by atoms with Crippen molar-refractivity contribution in [2.75, 3.05) is 0 Å². The van der Waals surface area contributed by atoms with Crippen molar-refractivity contribution in [2.24, 2.45) is 0 Å². The Morgan fingerprint density at radius 3 is 2.08 bits per heavy atom. The molecule has 1 rings (SSSR count). The van der Waals surface area contributed by atoms with Crippen molar-refractivity contribution in [3.63, 3.8) is 0 Å². The van der Waals surface area contributed by atoms with Crippen molar-refractivity contribution < 1.29 is 0 Å². The van der Waals surface area contributed by atoms with E-state index < -0.39 is 0 Å². The van der Waals surface area contributed by atoms with Gasteiger partial charge >= 0.3 is 82.0 Å². The first-order valence-corrected chi connectivity index (χ1v) is 5.34. The summed E-state index contributed by atoms with van der Waals surface area (Å²) in [6.07, 6.45) is 3.72. The Kier molecular flexibility index (Phi) is 3.71. The van der Waals surface area contributed by atoms with Gasteiger partial charge in [0.25, 0.3) is 0 Å². The number of hydrogen-bond acceptors (Lipinski definition) is 0. The molecule has 1 heteroatoms. The molecule has 1 aromatic heterocycles. The molecule has 0 amide bonds. The van der Waals surface area contributed by atoms with E-state index in [0.29, 0.717) is 5.41 Å². The van der Waals surface area contributed by atoms with Gasteiger partial charge in [0.1, 0.15) is 0 Å². The van der Waals surface area contributed by atoms with Crippen LogP contribution in [0.3, 0.4) is 0 Å². The standard InChI is InChI=1S/C12H19B/c1-4-12(5-2,6-3)11-9-7-8-10-13-11/h7-10H,4-6H2,1-3H3. The molecule has 0 aliphatic carbocycles. The van der Waals surface area contributed by atoms with Gasteiger partial charge in [-0.3, -0.25) is 0 Å². The molecule has 0 fully saturated rings. The molecule has 0 bridgehead atoms. The minimum atomic E-state index is 0.418. The van der Waals surface area contributed by atoms with E-state index in [4.69, 9.17) is 0 Å². The van der Waals surface area contributed by atoms with E-state index in [2.05, 4.69) is 51.8 Å². The molecule has 0 aliphatic heterocycles. The fourth-order valence-corrected chi connectivity index (χ4v) is 2.15. The van der Waals surface area contributed by atoms with Crippen LogP contribution in [0.5, 0.6) is 0 Å². The predicted octanol–water partition coefficient (Wildman–Crippen LogP) is 3.49. The maximum atomic E-state index is 2.29. The molecule has 0 saturated carbocycles. The Hall–Kier alpha value is -0.585. The zero-order chi connectivity index (χ0) is 9.73. The molecule has 0 saturated heterocycles. The SMILES string of the molecule is CCC(CC)(CC)c1bcccc1. The van der Waals surface area contributed by atoms with Gasteiger partial charge in [-0.2, -0.15) is 0 Å². The van der Waals surface area contributed by atoms with Crippen molar-refractivity contribution in [3.8, 4) is 0 Å². The number of rotatable bonds is 4. The van der Waals surface area contributed by atoms with Crippen LogP contribution in [0.1, 0.15) is 45.5 Å². The Morgan fingerprint density at radius 1 is 1.08 bits per heavy atom. The Labute approximate surface area is 82.6 Å². The molecule has 1 aromatic rings. The molecule has 0 nitrogen and oxygen atoms in total. The molecule has 0 spiro atoms. The van der Waals surface area contributed by atoms with Crippen molar-refractivity contribution in [2.45, 2.75) is 45.4 Å². The average Bonchev–Trinajstić information content (AvgIpc) is 2.23. The average molecular weight is 174 g/mol. The Morgan fingerprint density at radius 2 is 1.69 bits per heavy atom. The second-order valence-electron chi connectivity index (χ2n) is 3.71. The minimum absolute atomic E-state index is 0.418. The molecular weight excluding hydrogens is 155 g/mol. The van der Waals surface area contributed by atoms with Gasteiger partial charge in [-0.05, 0) is 0 Å². The summed E-state index contributed by atoms with van der Waals surface area (Å²) in [5.74, 6) is 2.14. The third-order valence-electron chi connectivity index (χ3n) is 3.42. The van der Waals surface area contributed by atoms with Crippen LogP contribution in [0.25, 0.3) is 0 Å². The van der Waals surface area contributed by atoms with Crippen molar-refractivity contribution in [3.05, 3.63) is 29.6 Å². The van der Waals surface area contributed by atoms with Crippen molar-refractivity contribution in [1.82, 2.24) is 0 Å². The van der Waals surface area contributed by atoms with Crippen LogP contribution < -0.4 is 0 Å². The first kappa shape index (κ1) is 10.5. The summed E-state index contributed by atoms with van der Waals surface area (Å²) < 4.78 is 0. The third-order valence-corrected chi connectivity index (χ3v) is 3.42. The molecule has 0 atom stereocenters. The van der Waals surface area contributed by atoms with Crippen LogP contribution in [0.2, 0.25) is 0 Å². The van der Waals surface area contributed by atoms with E-state index in [-0.39, 0.29) is 0 Å². The molecule has 70 valence electrons. The summed E-state index contributed by atoms with van der Waals surface area (Å²) in [6, 6.07) is 6.50. The van der Waals surface area contributed by atoms with Crippen LogP contribution >= 0.6 is 0 Å². The fraction of sp³-hybridized carbons (Fsp3) is 0.583. The fourth-order valence-electron chi connectivity index (χ4n) is 2.15. The van der Waals surface area contributed by atoms with Crippen LogP contribution in [-0.2, 0) is 5.41 Å². The maximum absolute atomic E-state index is 2.29. The van der Waals surface area contributed by atoms with Gasteiger partial charge in [0.2, 0.25) is 0 Å². The molecule has 0 aromatic carbocycles. The van der Waals surface area contributed by atoms with Crippen LogP contribution in [0.4, 0.5) is 0 Å². The van der Waals surface area contributed by atoms with E-state index in [0.717, 1.165) is 0 Å². The van der Waals surface area contributed by atoms with E-state index in [9.17, 15) is 0 Å². The van der Waals surface area contributed by atoms with E-state index in [1.54, 1.807) is 0 Å². The molecule has 0 radical (unpaired) electrons. The normalized spacial score (nSPS) is 11.3.